The van der Waals surface area contributed by atoms with Gasteiger partial charge >= 0.3 is 0 Å². The quantitative estimate of drug-likeness (QED) is 0.684. The Bertz CT molecular complexity index is 667. The summed E-state index contributed by atoms with van der Waals surface area (Å²) in [5.74, 6) is -2.38. The predicted octanol–water partition coefficient (Wildman–Crippen LogP) is 3.38. The Balaban J connectivity index is 2.54. The van der Waals surface area contributed by atoms with E-state index >= 15 is 0 Å². The van der Waals surface area contributed by atoms with Crippen LogP contribution in [0.5, 0.6) is 11.5 Å². The summed E-state index contributed by atoms with van der Waals surface area (Å²) in [5, 5.41) is 18.4. The molecule has 0 spiro atoms. The van der Waals surface area contributed by atoms with E-state index in [4.69, 9.17) is 34.7 Å². The summed E-state index contributed by atoms with van der Waals surface area (Å²) in [4.78, 5) is 0. The monoisotopic (exact) mass is 348 g/mol. The lowest BCUT2D eigenvalue weighted by molar-refractivity contribution is 0.456. The fourth-order valence-corrected chi connectivity index (χ4v) is 2.64. The van der Waals surface area contributed by atoms with Crippen LogP contribution in [0.3, 0.4) is 0 Å². The second kappa shape index (κ2) is 6.26. The third kappa shape index (κ3) is 2.83. The molecule has 0 aliphatic heterocycles. The summed E-state index contributed by atoms with van der Waals surface area (Å²) >= 11 is 11.7. The molecule has 2 aromatic rings. The van der Waals surface area contributed by atoms with Crippen LogP contribution in [-0.4, -0.2) is 10.2 Å². The molecular weight excluding hydrogens is 337 g/mol. The van der Waals surface area contributed by atoms with Gasteiger partial charge < -0.3 is 21.7 Å². The van der Waals surface area contributed by atoms with E-state index in [-0.39, 0.29) is 32.7 Å². The molecular formula is C14H12Cl2F2N2O2. The van der Waals surface area contributed by atoms with Crippen LogP contribution in [0, 0.1) is 11.6 Å². The first-order chi connectivity index (χ1) is 10.3. The Morgan fingerprint density at radius 1 is 0.773 bits per heavy atom. The topological polar surface area (TPSA) is 92.5 Å². The van der Waals surface area contributed by atoms with Crippen LogP contribution in [0.1, 0.15) is 23.2 Å². The molecule has 118 valence electrons. The molecule has 0 heterocycles. The van der Waals surface area contributed by atoms with E-state index in [2.05, 4.69) is 0 Å². The average Bonchev–Trinajstić information content (AvgIpc) is 2.47. The van der Waals surface area contributed by atoms with Gasteiger partial charge in [-0.05, 0) is 24.3 Å². The second-order valence-corrected chi connectivity index (χ2v) is 5.40. The number of hydrogen-bond donors (Lipinski definition) is 4. The van der Waals surface area contributed by atoms with E-state index in [1.165, 1.54) is 0 Å². The molecule has 0 aliphatic carbocycles. The number of benzene rings is 2. The summed E-state index contributed by atoms with van der Waals surface area (Å²) in [6.07, 6.45) is 0. The van der Waals surface area contributed by atoms with Gasteiger partial charge in [-0.2, -0.15) is 0 Å². The second-order valence-electron chi connectivity index (χ2n) is 4.64. The van der Waals surface area contributed by atoms with Crippen LogP contribution >= 0.6 is 23.2 Å². The van der Waals surface area contributed by atoms with Crippen LogP contribution in [0.4, 0.5) is 8.78 Å². The zero-order valence-electron chi connectivity index (χ0n) is 11.0. The molecule has 2 aromatic carbocycles. The molecule has 0 aliphatic rings. The minimum absolute atomic E-state index is 0.270. The Morgan fingerprint density at radius 2 is 1.09 bits per heavy atom. The van der Waals surface area contributed by atoms with Crippen molar-refractivity contribution < 1.29 is 19.0 Å². The van der Waals surface area contributed by atoms with Crippen LogP contribution in [0.15, 0.2) is 24.3 Å². The van der Waals surface area contributed by atoms with Gasteiger partial charge in [0.15, 0.2) is 0 Å². The SMILES string of the molecule is N[C@@H](c1c(F)ccc(O)c1Cl)[C@@H](N)c1c(F)ccc(O)c1Cl. The number of aromatic hydroxyl groups is 2. The van der Waals surface area contributed by atoms with Gasteiger partial charge in [-0.3, -0.25) is 0 Å². The average molecular weight is 349 g/mol. The minimum atomic E-state index is -1.30. The Morgan fingerprint density at radius 3 is 1.41 bits per heavy atom. The molecule has 0 aromatic heterocycles. The lowest BCUT2D eigenvalue weighted by Gasteiger charge is -2.24. The molecule has 0 unspecified atom stereocenters. The molecule has 0 bridgehead atoms. The smallest absolute Gasteiger partial charge is 0.134 e. The van der Waals surface area contributed by atoms with Gasteiger partial charge in [0, 0.05) is 11.1 Å². The highest BCUT2D eigenvalue weighted by molar-refractivity contribution is 6.33. The minimum Gasteiger partial charge on any atom is -0.506 e. The van der Waals surface area contributed by atoms with Gasteiger partial charge in [0.05, 0.1) is 22.1 Å². The van der Waals surface area contributed by atoms with Gasteiger partial charge in [0.1, 0.15) is 23.1 Å². The van der Waals surface area contributed by atoms with Crippen molar-refractivity contribution in [2.45, 2.75) is 12.1 Å². The Labute approximate surface area is 134 Å². The Hall–Kier alpha value is -1.60. The number of hydrogen-bond acceptors (Lipinski definition) is 4. The van der Waals surface area contributed by atoms with Crippen molar-refractivity contribution in [3.63, 3.8) is 0 Å². The largest absolute Gasteiger partial charge is 0.506 e. The standard InChI is InChI=1S/C14H12Cl2F2N2O2/c15-11-7(21)3-1-5(17)9(11)13(19)14(20)10-6(18)2-4-8(22)12(10)16/h1-4,13-14,21-22H,19-20H2/t13-,14-/m0/s1. The maximum atomic E-state index is 13.9. The predicted molar refractivity (Wildman–Crippen MR) is 80.0 cm³/mol. The van der Waals surface area contributed by atoms with Gasteiger partial charge in [-0.1, -0.05) is 23.2 Å². The summed E-state index contributed by atoms with van der Waals surface area (Å²) in [5.41, 5.74) is 11.2. The van der Waals surface area contributed by atoms with E-state index in [1.807, 2.05) is 0 Å². The van der Waals surface area contributed by atoms with E-state index in [9.17, 15) is 19.0 Å². The van der Waals surface area contributed by atoms with Crippen LogP contribution in [0.25, 0.3) is 0 Å². The summed E-state index contributed by atoms with van der Waals surface area (Å²) in [6, 6.07) is 1.44. The molecule has 2 atom stereocenters. The zero-order valence-corrected chi connectivity index (χ0v) is 12.5. The highest BCUT2D eigenvalue weighted by Gasteiger charge is 2.29. The van der Waals surface area contributed by atoms with Crippen molar-refractivity contribution >= 4 is 23.2 Å². The third-order valence-corrected chi connectivity index (χ3v) is 4.06. The van der Waals surface area contributed by atoms with Crippen LogP contribution < -0.4 is 11.5 Å². The van der Waals surface area contributed by atoms with Crippen LogP contribution in [0.2, 0.25) is 10.0 Å². The number of rotatable bonds is 3. The fourth-order valence-electron chi connectivity index (χ4n) is 2.09. The van der Waals surface area contributed by atoms with Crippen molar-refractivity contribution in [1.82, 2.24) is 0 Å². The lowest BCUT2D eigenvalue weighted by Crippen LogP contribution is -2.28. The van der Waals surface area contributed by atoms with E-state index in [0.717, 1.165) is 24.3 Å². The zero-order chi connectivity index (χ0) is 16.6. The molecule has 4 nitrogen and oxygen atoms in total. The first kappa shape index (κ1) is 16.8. The van der Waals surface area contributed by atoms with Crippen LogP contribution in [-0.2, 0) is 0 Å². The molecule has 2 rings (SSSR count). The number of halogens is 4. The fraction of sp³-hybridized carbons (Fsp3) is 0.143. The molecule has 6 N–H and O–H groups in total. The highest BCUT2D eigenvalue weighted by atomic mass is 35.5. The lowest BCUT2D eigenvalue weighted by atomic mass is 9.93. The highest BCUT2D eigenvalue weighted by Crippen LogP contribution is 2.40. The molecule has 0 fully saturated rings. The Kier molecular flexibility index (Phi) is 4.77. The molecule has 8 heteroatoms. The van der Waals surface area contributed by atoms with Gasteiger partial charge in [-0.15, -0.1) is 0 Å². The van der Waals surface area contributed by atoms with Crippen molar-refractivity contribution in [1.29, 1.82) is 0 Å². The van der Waals surface area contributed by atoms with Gasteiger partial charge in [-0.25, -0.2) is 8.78 Å². The molecule has 0 amide bonds. The number of phenols is 2. The molecule has 0 radical (unpaired) electrons. The first-order valence-corrected chi connectivity index (χ1v) is 6.86. The number of phenolic OH excluding ortho intramolecular Hbond substituents is 2. The summed E-state index contributed by atoms with van der Waals surface area (Å²) < 4.78 is 27.9. The van der Waals surface area contributed by atoms with Gasteiger partial charge in [0.25, 0.3) is 0 Å². The summed E-state index contributed by atoms with van der Waals surface area (Å²) in [7, 11) is 0. The van der Waals surface area contributed by atoms with Gasteiger partial charge in [0.2, 0.25) is 0 Å². The van der Waals surface area contributed by atoms with Crippen molar-refractivity contribution in [2.75, 3.05) is 0 Å². The molecule has 0 saturated heterocycles. The number of nitrogens with two attached hydrogens (primary N) is 2. The van der Waals surface area contributed by atoms with Crippen molar-refractivity contribution in [2.24, 2.45) is 11.5 Å². The maximum Gasteiger partial charge on any atom is 0.134 e. The van der Waals surface area contributed by atoms with E-state index < -0.39 is 23.7 Å². The van der Waals surface area contributed by atoms with Crippen molar-refractivity contribution in [3.8, 4) is 11.5 Å². The third-order valence-electron chi connectivity index (χ3n) is 3.27. The molecule has 0 saturated carbocycles. The van der Waals surface area contributed by atoms with E-state index in [0.29, 0.717) is 0 Å². The van der Waals surface area contributed by atoms with E-state index in [1.54, 1.807) is 0 Å². The maximum absolute atomic E-state index is 13.9. The normalized spacial score (nSPS) is 13.9. The molecule has 22 heavy (non-hydrogen) atoms. The van der Waals surface area contributed by atoms with Crippen molar-refractivity contribution in [3.05, 3.63) is 57.1 Å². The first-order valence-electron chi connectivity index (χ1n) is 6.10. The summed E-state index contributed by atoms with van der Waals surface area (Å²) in [6.45, 7) is 0.